The van der Waals surface area contributed by atoms with E-state index in [0.29, 0.717) is 0 Å². The summed E-state index contributed by atoms with van der Waals surface area (Å²) in [4.78, 5) is 2.41. The Balaban J connectivity index is 0.798. The molecule has 0 saturated carbocycles. The van der Waals surface area contributed by atoms with Gasteiger partial charge in [0.25, 0.3) is 0 Å². The van der Waals surface area contributed by atoms with Crippen LogP contribution in [0, 0.1) is 0 Å². The molecule has 1 aromatic heterocycles. The fourth-order valence-corrected chi connectivity index (χ4v) is 14.1. The van der Waals surface area contributed by atoms with Crippen molar-refractivity contribution >= 4 is 50.0 Å². The Morgan fingerprint density at radius 1 is 0.395 bits per heavy atom. The highest BCUT2D eigenvalue weighted by Gasteiger charge is 2.54. The first-order valence-electron chi connectivity index (χ1n) is 27.2. The average Bonchev–Trinajstić information content (AvgIpc) is 4.39. The lowest BCUT2D eigenvalue weighted by molar-refractivity contribution is 0.715. The summed E-state index contributed by atoms with van der Waals surface area (Å²) >= 11 is 0. The largest absolute Gasteiger partial charge is 0.311 e. The molecule has 0 radical (unpaired) electrons. The topological polar surface area (TPSA) is 8.17 Å². The third-order valence-electron chi connectivity index (χ3n) is 17.4. The molecule has 0 bridgehead atoms. The zero-order valence-electron chi connectivity index (χ0n) is 42.2. The summed E-state index contributed by atoms with van der Waals surface area (Å²) in [6.07, 6.45) is 17.0. The van der Waals surface area contributed by atoms with Crippen molar-refractivity contribution in [1.82, 2.24) is 4.57 Å². The molecule has 0 N–H and O–H groups in total. The lowest BCUT2D eigenvalue weighted by Gasteiger charge is -2.35. The Morgan fingerprint density at radius 3 is 1.70 bits per heavy atom. The monoisotopic (exact) mass is 968 g/mol. The molecule has 10 aromatic carbocycles. The van der Waals surface area contributed by atoms with E-state index in [-0.39, 0.29) is 0 Å². The molecule has 0 aliphatic heterocycles. The second-order valence-corrected chi connectivity index (χ2v) is 21.2. The standard InChI is InChI=1S/C74H52N2/c1-2-15-48(16-3-1)49-29-38-55(39-30-49)75(56-40-31-50(32-41-56)51-33-42-58(43-34-51)76-69-27-12-8-20-62(69)63-21-9-13-28-70(63)76)57-44-35-52(36-45-57)60-23-14-24-64-61-19-6-10-25-66(61)74(73(60)64)67-26-11-7-22-65(67)72-68(74)46-37-54-47-53-17-4-5-18-59(53)71(54)72/h2,4-9,11-24,26-46H,1,3,10,25,47H2. The maximum Gasteiger partial charge on any atom is 0.0694 e. The second-order valence-electron chi connectivity index (χ2n) is 21.2. The van der Waals surface area contributed by atoms with E-state index in [2.05, 4.69) is 264 Å². The molecule has 1 heterocycles. The molecule has 5 aliphatic rings. The van der Waals surface area contributed by atoms with E-state index in [1.165, 1.54) is 116 Å². The van der Waals surface area contributed by atoms with E-state index >= 15 is 0 Å². The highest BCUT2D eigenvalue weighted by molar-refractivity contribution is 6.09. The van der Waals surface area contributed by atoms with Crippen molar-refractivity contribution in [2.45, 2.75) is 37.5 Å². The van der Waals surface area contributed by atoms with Gasteiger partial charge >= 0.3 is 0 Å². The summed E-state index contributed by atoms with van der Waals surface area (Å²) in [6.45, 7) is 0. The summed E-state index contributed by atoms with van der Waals surface area (Å²) in [7, 11) is 0. The number of hydrogen-bond acceptors (Lipinski definition) is 1. The summed E-state index contributed by atoms with van der Waals surface area (Å²) in [5.41, 5.74) is 31.1. The third-order valence-corrected chi connectivity index (χ3v) is 17.4. The van der Waals surface area contributed by atoms with Gasteiger partial charge in [-0.15, -0.1) is 0 Å². The van der Waals surface area contributed by atoms with Gasteiger partial charge in [-0.2, -0.15) is 0 Å². The van der Waals surface area contributed by atoms with Crippen molar-refractivity contribution in [2.75, 3.05) is 4.90 Å². The molecule has 1 unspecified atom stereocenters. The van der Waals surface area contributed by atoms with Gasteiger partial charge in [0, 0.05) is 33.5 Å². The van der Waals surface area contributed by atoms with Gasteiger partial charge in [0.15, 0.2) is 0 Å². The summed E-state index contributed by atoms with van der Waals surface area (Å²) in [5.74, 6) is 0. The Hall–Kier alpha value is -9.24. The van der Waals surface area contributed by atoms with Crippen LogP contribution in [0.2, 0.25) is 0 Å². The minimum absolute atomic E-state index is 0.396. The number of hydrogen-bond donors (Lipinski definition) is 0. The summed E-state index contributed by atoms with van der Waals surface area (Å²) in [5, 5.41) is 2.55. The van der Waals surface area contributed by atoms with E-state index in [1.807, 2.05) is 0 Å². The first-order chi connectivity index (χ1) is 37.7. The van der Waals surface area contributed by atoms with Crippen molar-refractivity contribution in [3.05, 3.63) is 299 Å². The highest BCUT2D eigenvalue weighted by atomic mass is 15.1. The number of para-hydroxylation sites is 2. The second kappa shape index (κ2) is 16.9. The number of rotatable bonds is 7. The van der Waals surface area contributed by atoms with Crippen molar-refractivity contribution in [1.29, 1.82) is 0 Å². The fraction of sp³-hybridized carbons (Fsp3) is 0.0811. The lowest BCUT2D eigenvalue weighted by Crippen LogP contribution is -2.28. The van der Waals surface area contributed by atoms with Gasteiger partial charge < -0.3 is 9.47 Å². The maximum atomic E-state index is 2.51. The SMILES string of the molecule is C1=CC(c2ccc(N(c3ccc(-c4ccc(-n5c6ccccc6c6ccccc65)cc4)cc3)c3ccc(-c4cccc5c4C4(C6=C5C=CCC6)c5ccccc5-c5c4ccc4c5-c5ccccc5C4)cc3)cc2)=CCC1. The Kier molecular flexibility index (Phi) is 9.60. The Bertz CT molecular complexity index is 4270. The van der Waals surface area contributed by atoms with Crippen LogP contribution in [0.3, 0.4) is 0 Å². The van der Waals surface area contributed by atoms with Gasteiger partial charge in [-0.05, 0) is 193 Å². The van der Waals surface area contributed by atoms with Crippen LogP contribution in [0.25, 0.3) is 83.1 Å². The molecule has 358 valence electrons. The fourth-order valence-electron chi connectivity index (χ4n) is 14.1. The zero-order chi connectivity index (χ0) is 49.9. The average molecular weight is 969 g/mol. The van der Waals surface area contributed by atoms with Crippen molar-refractivity contribution < 1.29 is 0 Å². The van der Waals surface area contributed by atoms with Gasteiger partial charge in [-0.3, -0.25) is 0 Å². The first-order valence-corrected chi connectivity index (χ1v) is 27.2. The van der Waals surface area contributed by atoms with Gasteiger partial charge in [-0.1, -0.05) is 194 Å². The van der Waals surface area contributed by atoms with Gasteiger partial charge in [0.05, 0.1) is 16.4 Å². The van der Waals surface area contributed by atoms with E-state index in [0.717, 1.165) is 54.9 Å². The molecule has 0 saturated heterocycles. The molecular weight excluding hydrogens is 917 g/mol. The summed E-state index contributed by atoms with van der Waals surface area (Å²) < 4.78 is 2.38. The smallest absolute Gasteiger partial charge is 0.0694 e. The van der Waals surface area contributed by atoms with Crippen molar-refractivity contribution in [3.63, 3.8) is 0 Å². The predicted octanol–water partition coefficient (Wildman–Crippen LogP) is 19.3. The normalized spacial score (nSPS) is 16.4. The van der Waals surface area contributed by atoms with Gasteiger partial charge in [0.1, 0.15) is 0 Å². The summed E-state index contributed by atoms with van der Waals surface area (Å²) in [6, 6.07) is 84.7. The van der Waals surface area contributed by atoms with Crippen LogP contribution in [-0.4, -0.2) is 4.57 Å². The van der Waals surface area contributed by atoms with Gasteiger partial charge in [0.2, 0.25) is 0 Å². The van der Waals surface area contributed by atoms with Crippen molar-refractivity contribution in [3.8, 4) is 50.2 Å². The molecule has 76 heavy (non-hydrogen) atoms. The molecule has 16 rings (SSSR count). The molecular formula is C74H52N2. The number of nitrogens with zero attached hydrogens (tertiary/aromatic N) is 2. The van der Waals surface area contributed by atoms with E-state index in [9.17, 15) is 0 Å². The van der Waals surface area contributed by atoms with Crippen LogP contribution in [-0.2, 0) is 11.8 Å². The van der Waals surface area contributed by atoms with E-state index < -0.39 is 5.41 Å². The minimum Gasteiger partial charge on any atom is -0.311 e. The molecule has 11 aromatic rings. The molecule has 0 fully saturated rings. The van der Waals surface area contributed by atoms with Crippen LogP contribution in [0.15, 0.2) is 260 Å². The van der Waals surface area contributed by atoms with Crippen LogP contribution in [0.5, 0.6) is 0 Å². The van der Waals surface area contributed by atoms with Crippen LogP contribution in [0.1, 0.15) is 64.6 Å². The maximum absolute atomic E-state index is 2.51. The van der Waals surface area contributed by atoms with Crippen LogP contribution in [0.4, 0.5) is 17.1 Å². The van der Waals surface area contributed by atoms with Gasteiger partial charge in [-0.25, -0.2) is 0 Å². The Labute approximate surface area is 444 Å². The lowest BCUT2D eigenvalue weighted by atomic mass is 9.66. The number of fused-ring (bicyclic) bond motifs is 16. The minimum atomic E-state index is -0.396. The molecule has 2 heteroatoms. The quantitative estimate of drug-likeness (QED) is 0.155. The number of anilines is 3. The predicted molar refractivity (Wildman–Crippen MR) is 318 cm³/mol. The van der Waals surface area contributed by atoms with Crippen LogP contribution < -0.4 is 4.90 Å². The van der Waals surface area contributed by atoms with E-state index in [1.54, 1.807) is 5.57 Å². The molecule has 2 nitrogen and oxygen atoms in total. The van der Waals surface area contributed by atoms with Crippen molar-refractivity contribution in [2.24, 2.45) is 0 Å². The zero-order valence-corrected chi connectivity index (χ0v) is 42.2. The first kappa shape index (κ1) is 43.2. The molecule has 1 atom stereocenters. The Morgan fingerprint density at radius 2 is 0.987 bits per heavy atom. The number of aromatic nitrogens is 1. The number of allylic oxidation sites excluding steroid dienone is 8. The van der Waals surface area contributed by atoms with E-state index in [4.69, 9.17) is 0 Å². The molecule has 0 amide bonds. The van der Waals surface area contributed by atoms with Crippen LogP contribution >= 0.6 is 0 Å². The molecule has 1 spiro atoms. The highest BCUT2D eigenvalue weighted by Crippen LogP contribution is 2.67. The third kappa shape index (κ3) is 6.28. The number of benzene rings is 10. The molecule has 5 aliphatic carbocycles.